The van der Waals surface area contributed by atoms with E-state index < -0.39 is 0 Å². The second-order valence-electron chi connectivity index (χ2n) is 5.20. The predicted molar refractivity (Wildman–Crippen MR) is 74.0 cm³/mol. The molecule has 0 bridgehead atoms. The Bertz CT molecular complexity index is 608. The maximum atomic E-state index is 12.2. The van der Waals surface area contributed by atoms with E-state index in [9.17, 15) is 4.79 Å². The molecule has 1 saturated heterocycles. The van der Waals surface area contributed by atoms with Gasteiger partial charge in [0.25, 0.3) is 0 Å². The van der Waals surface area contributed by atoms with E-state index in [2.05, 4.69) is 11.9 Å². The summed E-state index contributed by atoms with van der Waals surface area (Å²) in [6, 6.07) is 11.9. The lowest BCUT2D eigenvalue weighted by Crippen LogP contribution is -2.27. The monoisotopic (exact) mass is 255 g/mol. The van der Waals surface area contributed by atoms with Crippen LogP contribution in [0.3, 0.4) is 0 Å². The third-order valence-corrected chi connectivity index (χ3v) is 3.72. The minimum atomic E-state index is -0.242. The van der Waals surface area contributed by atoms with E-state index in [1.54, 1.807) is 0 Å². The summed E-state index contributed by atoms with van der Waals surface area (Å²) in [5.74, 6) is 0.473. The van der Waals surface area contributed by atoms with E-state index in [1.807, 2.05) is 36.4 Å². The Morgan fingerprint density at radius 2 is 2.16 bits per heavy atom. The lowest BCUT2D eigenvalue weighted by molar-refractivity contribution is -0.128. The van der Waals surface area contributed by atoms with Gasteiger partial charge >= 0.3 is 0 Å². The second-order valence-corrected chi connectivity index (χ2v) is 5.20. The topological polar surface area (TPSA) is 39.2 Å². The fourth-order valence-electron chi connectivity index (χ4n) is 2.59. The maximum absolute atomic E-state index is 12.2. The number of hydrogen-bond acceptors (Lipinski definition) is 3. The molecule has 3 heteroatoms. The van der Waals surface area contributed by atoms with Crippen molar-refractivity contribution in [1.82, 2.24) is 4.98 Å². The van der Waals surface area contributed by atoms with Crippen LogP contribution in [0.1, 0.15) is 19.0 Å². The van der Waals surface area contributed by atoms with Crippen LogP contribution in [0.15, 0.2) is 36.4 Å². The highest BCUT2D eigenvalue weighted by molar-refractivity contribution is 5.86. The van der Waals surface area contributed by atoms with Crippen LogP contribution >= 0.6 is 0 Å². The van der Waals surface area contributed by atoms with Gasteiger partial charge in [0.05, 0.1) is 11.9 Å². The molecule has 0 amide bonds. The molecule has 1 aliphatic heterocycles. The van der Waals surface area contributed by atoms with Gasteiger partial charge in [-0.3, -0.25) is 9.78 Å². The first kappa shape index (κ1) is 12.3. The number of Topliss-reactive ketones (excluding diaryl/α,β-unsaturated/α-hetero) is 1. The van der Waals surface area contributed by atoms with Crippen molar-refractivity contribution in [3.05, 3.63) is 42.1 Å². The summed E-state index contributed by atoms with van der Waals surface area (Å²) in [6.07, 6.45) is 1.09. The molecular weight excluding hydrogens is 238 g/mol. The average molecular weight is 255 g/mol. The lowest BCUT2D eigenvalue weighted by atomic mass is 9.98. The molecule has 1 aliphatic rings. The van der Waals surface area contributed by atoms with Crippen molar-refractivity contribution < 1.29 is 9.53 Å². The number of rotatable bonds is 3. The Kier molecular flexibility index (Phi) is 3.30. The molecule has 3 rings (SSSR count). The minimum absolute atomic E-state index is 0.146. The molecule has 1 fully saturated rings. The lowest BCUT2D eigenvalue weighted by Gasteiger charge is -2.12. The molecule has 19 heavy (non-hydrogen) atoms. The van der Waals surface area contributed by atoms with Gasteiger partial charge in [-0.25, -0.2) is 0 Å². The summed E-state index contributed by atoms with van der Waals surface area (Å²) in [5.41, 5.74) is 1.76. The number of carbonyl (C=O) groups is 1. The Hall–Kier alpha value is -1.74. The number of ether oxygens (including phenoxy) is 1. The molecule has 98 valence electrons. The summed E-state index contributed by atoms with van der Waals surface area (Å²) < 4.78 is 5.51. The Balaban J connectivity index is 1.79. The van der Waals surface area contributed by atoms with Gasteiger partial charge in [-0.15, -0.1) is 0 Å². The zero-order chi connectivity index (χ0) is 13.2. The number of carbonyl (C=O) groups excluding carboxylic acids is 1. The van der Waals surface area contributed by atoms with Crippen molar-refractivity contribution in [2.45, 2.75) is 25.9 Å². The normalized spacial score (nSPS) is 22.8. The molecule has 1 aromatic heterocycles. The average Bonchev–Trinajstić information content (AvgIpc) is 2.85. The summed E-state index contributed by atoms with van der Waals surface area (Å²) in [4.78, 5) is 16.7. The third kappa shape index (κ3) is 2.51. The third-order valence-electron chi connectivity index (χ3n) is 3.72. The highest BCUT2D eigenvalue weighted by atomic mass is 16.5. The zero-order valence-electron chi connectivity index (χ0n) is 11.0. The van der Waals surface area contributed by atoms with Crippen LogP contribution in [0, 0.1) is 5.92 Å². The quantitative estimate of drug-likeness (QED) is 0.846. The van der Waals surface area contributed by atoms with E-state index in [4.69, 9.17) is 4.74 Å². The van der Waals surface area contributed by atoms with Gasteiger partial charge < -0.3 is 4.74 Å². The van der Waals surface area contributed by atoms with Gasteiger partial charge in [0.2, 0.25) is 0 Å². The Labute approximate surface area is 112 Å². The van der Waals surface area contributed by atoms with E-state index in [1.165, 1.54) is 0 Å². The largest absolute Gasteiger partial charge is 0.370 e. The smallest absolute Gasteiger partial charge is 0.167 e. The first-order valence-corrected chi connectivity index (χ1v) is 6.73. The minimum Gasteiger partial charge on any atom is -0.370 e. The fraction of sp³-hybridized carbons (Fsp3) is 0.375. The van der Waals surface area contributed by atoms with Crippen molar-refractivity contribution >= 4 is 16.7 Å². The summed E-state index contributed by atoms with van der Waals surface area (Å²) in [5, 5.41) is 1.10. The van der Waals surface area contributed by atoms with Gasteiger partial charge in [-0.1, -0.05) is 31.2 Å². The van der Waals surface area contributed by atoms with Crippen LogP contribution in [-0.2, 0) is 16.0 Å². The molecule has 2 unspecified atom stereocenters. The van der Waals surface area contributed by atoms with E-state index in [-0.39, 0.29) is 11.9 Å². The summed E-state index contributed by atoms with van der Waals surface area (Å²) in [6.45, 7) is 2.77. The molecule has 0 N–H and O–H groups in total. The van der Waals surface area contributed by atoms with Gasteiger partial charge in [-0.2, -0.15) is 0 Å². The van der Waals surface area contributed by atoms with Crippen LogP contribution < -0.4 is 0 Å². The van der Waals surface area contributed by atoms with Gasteiger partial charge in [0, 0.05) is 17.7 Å². The molecule has 2 atom stereocenters. The van der Waals surface area contributed by atoms with Gasteiger partial charge in [-0.05, 0) is 24.5 Å². The number of fused-ring (bicyclic) bond motifs is 1. The maximum Gasteiger partial charge on any atom is 0.167 e. The van der Waals surface area contributed by atoms with Crippen molar-refractivity contribution in [1.29, 1.82) is 0 Å². The van der Waals surface area contributed by atoms with Crippen molar-refractivity contribution in [2.75, 3.05) is 6.61 Å². The first-order valence-electron chi connectivity index (χ1n) is 6.73. The van der Waals surface area contributed by atoms with E-state index in [0.717, 1.165) is 23.0 Å². The van der Waals surface area contributed by atoms with Crippen LogP contribution in [-0.4, -0.2) is 23.5 Å². The number of nitrogens with zero attached hydrogens (tertiary/aromatic N) is 1. The van der Waals surface area contributed by atoms with E-state index in [0.29, 0.717) is 18.9 Å². The molecule has 0 saturated carbocycles. The second kappa shape index (κ2) is 5.10. The number of hydrogen-bond donors (Lipinski definition) is 0. The first-order chi connectivity index (χ1) is 9.24. The molecule has 3 nitrogen and oxygen atoms in total. The predicted octanol–water partition coefficient (Wildman–Crippen LogP) is 2.77. The number of pyridine rings is 1. The number of benzene rings is 1. The number of aromatic nitrogens is 1. The highest BCUT2D eigenvalue weighted by Crippen LogP contribution is 2.22. The molecule has 0 aliphatic carbocycles. The van der Waals surface area contributed by atoms with Crippen molar-refractivity contribution in [3.63, 3.8) is 0 Å². The van der Waals surface area contributed by atoms with Crippen molar-refractivity contribution in [2.24, 2.45) is 5.92 Å². The fourth-order valence-corrected chi connectivity index (χ4v) is 2.59. The van der Waals surface area contributed by atoms with Crippen molar-refractivity contribution in [3.8, 4) is 0 Å². The number of ketones is 1. The standard InChI is InChI=1S/C16H17NO2/c1-11-8-9-19-16(11)15(18)10-13-7-6-12-4-2-3-5-14(12)17-13/h2-7,11,16H,8-10H2,1H3. The van der Waals surface area contributed by atoms with Crippen LogP contribution in [0.4, 0.5) is 0 Å². The van der Waals surface area contributed by atoms with Crippen LogP contribution in [0.2, 0.25) is 0 Å². The van der Waals surface area contributed by atoms with Crippen LogP contribution in [0.5, 0.6) is 0 Å². The molecule has 0 spiro atoms. The molecular formula is C16H17NO2. The molecule has 0 radical (unpaired) electrons. The summed E-state index contributed by atoms with van der Waals surface area (Å²) >= 11 is 0. The highest BCUT2D eigenvalue weighted by Gasteiger charge is 2.30. The summed E-state index contributed by atoms with van der Waals surface area (Å²) in [7, 11) is 0. The molecule has 2 heterocycles. The molecule has 1 aromatic carbocycles. The zero-order valence-corrected chi connectivity index (χ0v) is 11.0. The van der Waals surface area contributed by atoms with Gasteiger partial charge in [0.1, 0.15) is 6.10 Å². The molecule has 2 aromatic rings. The van der Waals surface area contributed by atoms with Crippen LogP contribution in [0.25, 0.3) is 10.9 Å². The Morgan fingerprint density at radius 1 is 1.32 bits per heavy atom. The Morgan fingerprint density at radius 3 is 2.95 bits per heavy atom. The number of para-hydroxylation sites is 1. The van der Waals surface area contributed by atoms with E-state index >= 15 is 0 Å². The SMILES string of the molecule is CC1CCOC1C(=O)Cc1ccc2ccccc2n1. The van der Waals surface area contributed by atoms with Gasteiger partial charge in [0.15, 0.2) is 5.78 Å².